The summed E-state index contributed by atoms with van der Waals surface area (Å²) in [5, 5.41) is 5.33. The monoisotopic (exact) mass is 301 g/mol. The van der Waals surface area contributed by atoms with E-state index in [4.69, 9.17) is 4.74 Å². The summed E-state index contributed by atoms with van der Waals surface area (Å²) in [4.78, 5) is 13.2. The van der Waals surface area contributed by atoms with Gasteiger partial charge in [-0.2, -0.15) is 0 Å². The number of hydrogen-bond donors (Lipinski definition) is 1. The Bertz CT molecular complexity index is 588. The molecule has 21 heavy (non-hydrogen) atoms. The normalized spacial score (nSPS) is 15.7. The largest absolute Gasteiger partial charge is 0.468 e. The van der Waals surface area contributed by atoms with E-state index in [0.29, 0.717) is 6.54 Å². The van der Waals surface area contributed by atoms with Gasteiger partial charge in [0.2, 0.25) is 0 Å². The molecule has 1 aromatic carbocycles. The molecule has 1 aromatic heterocycles. The van der Waals surface area contributed by atoms with E-state index < -0.39 is 6.04 Å². The van der Waals surface area contributed by atoms with Gasteiger partial charge in [0.1, 0.15) is 6.04 Å². The summed E-state index contributed by atoms with van der Waals surface area (Å²) < 4.78 is 4.93. The van der Waals surface area contributed by atoms with E-state index in [-0.39, 0.29) is 5.97 Å². The van der Waals surface area contributed by atoms with Crippen molar-refractivity contribution in [2.45, 2.75) is 31.3 Å². The van der Waals surface area contributed by atoms with Crippen LogP contribution in [-0.4, -0.2) is 13.1 Å². The molecule has 1 unspecified atom stereocenters. The Morgan fingerprint density at radius 3 is 2.67 bits per heavy atom. The highest BCUT2D eigenvalue weighted by Crippen LogP contribution is 2.40. The van der Waals surface area contributed by atoms with E-state index in [1.807, 2.05) is 23.6 Å². The Kier molecular flexibility index (Phi) is 4.36. The van der Waals surface area contributed by atoms with Gasteiger partial charge >= 0.3 is 5.97 Å². The zero-order valence-electron chi connectivity index (χ0n) is 12.0. The van der Waals surface area contributed by atoms with Gasteiger partial charge in [0.25, 0.3) is 0 Å². The summed E-state index contributed by atoms with van der Waals surface area (Å²) in [6, 6.07) is 12.0. The number of methoxy groups -OCH3 is 1. The lowest BCUT2D eigenvalue weighted by atomic mass is 10.0. The molecule has 3 nitrogen and oxygen atoms in total. The zero-order chi connectivity index (χ0) is 14.7. The van der Waals surface area contributed by atoms with Crippen LogP contribution in [-0.2, 0) is 16.1 Å². The molecule has 0 radical (unpaired) electrons. The van der Waals surface area contributed by atoms with E-state index in [1.165, 1.54) is 30.4 Å². The van der Waals surface area contributed by atoms with Crippen LogP contribution in [0.3, 0.4) is 0 Å². The summed E-state index contributed by atoms with van der Waals surface area (Å²) in [7, 11) is 1.43. The standard InChI is InChI=1S/C17H19NO2S/c1-20-17(19)16(18-11-15-3-2-10-21-15)14-8-6-13(7-9-14)12-4-5-12/h2-3,6-10,12,16,18H,4-5,11H2,1H3. The maximum Gasteiger partial charge on any atom is 0.327 e. The first-order valence-corrected chi connectivity index (χ1v) is 8.09. The number of ether oxygens (including phenoxy) is 1. The number of carbonyl (C=O) groups excluding carboxylic acids is 1. The fraction of sp³-hybridized carbons (Fsp3) is 0.353. The third kappa shape index (κ3) is 3.52. The Morgan fingerprint density at radius 1 is 1.33 bits per heavy atom. The molecule has 4 heteroatoms. The highest BCUT2D eigenvalue weighted by molar-refractivity contribution is 7.09. The zero-order valence-corrected chi connectivity index (χ0v) is 12.9. The first-order valence-electron chi connectivity index (χ1n) is 7.21. The second-order valence-electron chi connectivity index (χ2n) is 5.36. The number of thiophene rings is 1. The summed E-state index contributed by atoms with van der Waals surface area (Å²) in [5.74, 6) is 0.487. The lowest BCUT2D eigenvalue weighted by molar-refractivity contribution is -0.143. The third-order valence-corrected chi connectivity index (χ3v) is 4.69. The van der Waals surface area contributed by atoms with E-state index in [1.54, 1.807) is 11.3 Å². The van der Waals surface area contributed by atoms with Crippen molar-refractivity contribution < 1.29 is 9.53 Å². The van der Waals surface area contributed by atoms with Crippen LogP contribution in [0.4, 0.5) is 0 Å². The second-order valence-corrected chi connectivity index (χ2v) is 6.39. The average molecular weight is 301 g/mol. The summed E-state index contributed by atoms with van der Waals surface area (Å²) in [6.45, 7) is 0.668. The second kappa shape index (κ2) is 6.41. The molecule has 0 spiro atoms. The van der Waals surface area contributed by atoms with Crippen molar-refractivity contribution in [1.82, 2.24) is 5.32 Å². The number of carbonyl (C=O) groups is 1. The van der Waals surface area contributed by atoms with Crippen LogP contribution >= 0.6 is 11.3 Å². The minimum atomic E-state index is -0.412. The van der Waals surface area contributed by atoms with Crippen molar-refractivity contribution in [2.24, 2.45) is 0 Å². The molecule has 0 amide bonds. The van der Waals surface area contributed by atoms with E-state index >= 15 is 0 Å². The smallest absolute Gasteiger partial charge is 0.327 e. The molecule has 1 saturated carbocycles. The van der Waals surface area contributed by atoms with Crippen molar-refractivity contribution in [3.05, 3.63) is 57.8 Å². The van der Waals surface area contributed by atoms with Crippen molar-refractivity contribution in [3.8, 4) is 0 Å². The van der Waals surface area contributed by atoms with E-state index in [0.717, 1.165) is 11.5 Å². The van der Waals surface area contributed by atoms with Crippen LogP contribution in [0.2, 0.25) is 0 Å². The number of hydrogen-bond acceptors (Lipinski definition) is 4. The van der Waals surface area contributed by atoms with Gasteiger partial charge in [-0.05, 0) is 41.3 Å². The Labute approximate surface area is 129 Å². The van der Waals surface area contributed by atoms with Crippen LogP contribution in [0, 0.1) is 0 Å². The fourth-order valence-corrected chi connectivity index (χ4v) is 3.10. The minimum absolute atomic E-state index is 0.245. The molecule has 110 valence electrons. The molecule has 3 rings (SSSR count). The number of esters is 1. The number of rotatable bonds is 6. The van der Waals surface area contributed by atoms with Crippen LogP contribution in [0.5, 0.6) is 0 Å². The molecule has 2 aromatic rings. The fourth-order valence-electron chi connectivity index (χ4n) is 2.45. The predicted molar refractivity (Wildman–Crippen MR) is 84.3 cm³/mol. The van der Waals surface area contributed by atoms with Gasteiger partial charge in [-0.15, -0.1) is 11.3 Å². The first-order chi connectivity index (χ1) is 10.3. The summed E-state index contributed by atoms with van der Waals surface area (Å²) >= 11 is 1.68. The van der Waals surface area contributed by atoms with Crippen LogP contribution in [0.25, 0.3) is 0 Å². The predicted octanol–water partition coefficient (Wildman–Crippen LogP) is 3.63. The van der Waals surface area contributed by atoms with Gasteiger partial charge in [0, 0.05) is 11.4 Å². The SMILES string of the molecule is COC(=O)C(NCc1cccs1)c1ccc(C2CC2)cc1. The minimum Gasteiger partial charge on any atom is -0.468 e. The highest BCUT2D eigenvalue weighted by atomic mass is 32.1. The van der Waals surface area contributed by atoms with Crippen molar-refractivity contribution in [1.29, 1.82) is 0 Å². The van der Waals surface area contributed by atoms with Gasteiger partial charge in [-0.3, -0.25) is 5.32 Å². The van der Waals surface area contributed by atoms with Gasteiger partial charge in [0.15, 0.2) is 0 Å². The van der Waals surface area contributed by atoms with Crippen LogP contribution in [0.1, 0.15) is 40.8 Å². The van der Waals surface area contributed by atoms with E-state index in [2.05, 4.69) is 23.5 Å². The molecule has 1 aliphatic carbocycles. The Hall–Kier alpha value is -1.65. The average Bonchev–Trinajstić information content (AvgIpc) is 3.24. The lowest BCUT2D eigenvalue weighted by Gasteiger charge is -2.17. The Balaban J connectivity index is 1.72. The van der Waals surface area contributed by atoms with Crippen molar-refractivity contribution in [3.63, 3.8) is 0 Å². The van der Waals surface area contributed by atoms with Crippen molar-refractivity contribution >= 4 is 17.3 Å². The molecule has 1 atom stereocenters. The molecule has 1 heterocycles. The molecule has 0 bridgehead atoms. The lowest BCUT2D eigenvalue weighted by Crippen LogP contribution is -2.29. The Morgan fingerprint density at radius 2 is 2.10 bits per heavy atom. The van der Waals surface area contributed by atoms with Gasteiger partial charge in [-0.1, -0.05) is 30.3 Å². The molecule has 0 saturated heterocycles. The third-order valence-electron chi connectivity index (χ3n) is 3.82. The van der Waals surface area contributed by atoms with Crippen LogP contribution in [0.15, 0.2) is 41.8 Å². The first kappa shape index (κ1) is 14.3. The maximum absolute atomic E-state index is 12.0. The maximum atomic E-state index is 12.0. The molecular weight excluding hydrogens is 282 g/mol. The summed E-state index contributed by atoms with van der Waals surface area (Å²) in [5.41, 5.74) is 2.34. The molecule has 1 fully saturated rings. The topological polar surface area (TPSA) is 38.3 Å². The molecule has 0 aliphatic heterocycles. The van der Waals surface area contributed by atoms with Gasteiger partial charge < -0.3 is 4.74 Å². The van der Waals surface area contributed by atoms with E-state index in [9.17, 15) is 4.79 Å². The number of nitrogens with one attached hydrogen (secondary N) is 1. The van der Waals surface area contributed by atoms with Crippen LogP contribution < -0.4 is 5.32 Å². The molecule has 1 aliphatic rings. The molecule has 1 N–H and O–H groups in total. The quantitative estimate of drug-likeness (QED) is 0.828. The summed E-state index contributed by atoms with van der Waals surface area (Å²) in [6.07, 6.45) is 2.58. The van der Waals surface area contributed by atoms with Crippen molar-refractivity contribution in [2.75, 3.05) is 7.11 Å². The van der Waals surface area contributed by atoms with Gasteiger partial charge in [-0.25, -0.2) is 4.79 Å². The molecular formula is C17H19NO2S. The highest BCUT2D eigenvalue weighted by Gasteiger charge is 2.25. The van der Waals surface area contributed by atoms with Gasteiger partial charge in [0.05, 0.1) is 7.11 Å². The number of benzene rings is 1.